The van der Waals surface area contributed by atoms with Crippen molar-refractivity contribution in [2.45, 2.75) is 57.5 Å². The van der Waals surface area contributed by atoms with Gasteiger partial charge in [0.15, 0.2) is 0 Å². The summed E-state index contributed by atoms with van der Waals surface area (Å²) < 4.78 is 32.5. The molecule has 0 spiro atoms. The number of hydrogen-bond donors (Lipinski definition) is 0. The van der Waals surface area contributed by atoms with Crippen LogP contribution in [0.2, 0.25) is 5.15 Å². The predicted molar refractivity (Wildman–Crippen MR) is 101 cm³/mol. The minimum atomic E-state index is -2.68. The number of likely N-dealkylation sites (tertiary alicyclic amines) is 1. The number of rotatable bonds is 2. The Kier molecular flexibility index (Phi) is 5.52. The Morgan fingerprint density at radius 3 is 2.48 bits per heavy atom. The largest absolute Gasteiger partial charge is 0.444 e. The summed E-state index contributed by atoms with van der Waals surface area (Å²) in [5.74, 6) is -1.96. The molecular formula is C19H26ClF2N3O2. The van der Waals surface area contributed by atoms with Crippen LogP contribution in [0, 0.1) is 0 Å². The molecule has 8 heteroatoms. The number of carbonyl (C=O) groups is 1. The summed E-state index contributed by atoms with van der Waals surface area (Å²) in [6.07, 6.45) is 1.09. The van der Waals surface area contributed by atoms with E-state index < -0.39 is 11.5 Å². The number of piperidine rings is 1. The van der Waals surface area contributed by atoms with E-state index >= 15 is 0 Å². The molecule has 0 aliphatic carbocycles. The molecule has 3 rings (SSSR count). The second kappa shape index (κ2) is 7.41. The lowest BCUT2D eigenvalue weighted by Crippen LogP contribution is -2.41. The van der Waals surface area contributed by atoms with Gasteiger partial charge in [0.05, 0.1) is 6.54 Å². The van der Waals surface area contributed by atoms with E-state index in [1.54, 1.807) is 15.9 Å². The van der Waals surface area contributed by atoms with Crippen LogP contribution in [0.1, 0.15) is 51.5 Å². The van der Waals surface area contributed by atoms with Crippen LogP contribution in [0.15, 0.2) is 12.1 Å². The lowest BCUT2D eigenvalue weighted by Gasteiger charge is -2.34. The summed E-state index contributed by atoms with van der Waals surface area (Å²) in [4.78, 5) is 19.7. The zero-order chi connectivity index (χ0) is 19.8. The highest BCUT2D eigenvalue weighted by atomic mass is 35.5. The summed E-state index contributed by atoms with van der Waals surface area (Å²) in [5, 5.41) is 0.312. The second-order valence-corrected chi connectivity index (χ2v) is 8.74. The SMILES string of the molecule is CC(C)(C)OC(=O)N1CCC(c2cc(Cl)nc(N3CCC(F)(F)C3)c2)CC1. The van der Waals surface area contributed by atoms with E-state index in [-0.39, 0.29) is 31.5 Å². The number of halogens is 3. The van der Waals surface area contributed by atoms with Gasteiger partial charge in [0.1, 0.15) is 16.6 Å². The van der Waals surface area contributed by atoms with E-state index in [0.29, 0.717) is 24.1 Å². The normalized spacial score (nSPS) is 20.8. The molecule has 2 fully saturated rings. The van der Waals surface area contributed by atoms with Crippen LogP contribution >= 0.6 is 11.6 Å². The minimum absolute atomic E-state index is 0.162. The molecule has 0 aromatic carbocycles. The molecule has 2 aliphatic rings. The Morgan fingerprint density at radius 2 is 1.93 bits per heavy atom. The zero-order valence-corrected chi connectivity index (χ0v) is 16.7. The average molecular weight is 402 g/mol. The molecule has 0 bridgehead atoms. The van der Waals surface area contributed by atoms with Crippen molar-refractivity contribution in [1.29, 1.82) is 0 Å². The Morgan fingerprint density at radius 1 is 1.26 bits per heavy atom. The first-order valence-electron chi connectivity index (χ1n) is 9.31. The van der Waals surface area contributed by atoms with E-state index in [9.17, 15) is 13.6 Å². The zero-order valence-electron chi connectivity index (χ0n) is 16.0. The van der Waals surface area contributed by atoms with Gasteiger partial charge in [0.25, 0.3) is 5.92 Å². The highest BCUT2D eigenvalue weighted by Crippen LogP contribution is 2.35. The number of anilines is 1. The fourth-order valence-corrected chi connectivity index (χ4v) is 3.77. The Balaban J connectivity index is 1.65. The lowest BCUT2D eigenvalue weighted by molar-refractivity contribution is 0.0203. The molecule has 3 heterocycles. The van der Waals surface area contributed by atoms with Crippen LogP contribution in [-0.2, 0) is 4.74 Å². The number of hydrogen-bond acceptors (Lipinski definition) is 4. The van der Waals surface area contributed by atoms with Gasteiger partial charge in [-0.2, -0.15) is 0 Å². The topological polar surface area (TPSA) is 45.7 Å². The molecule has 2 saturated heterocycles. The van der Waals surface area contributed by atoms with Crippen molar-refractivity contribution in [3.8, 4) is 0 Å². The number of pyridine rings is 1. The summed E-state index contributed by atoms with van der Waals surface area (Å²) in [7, 11) is 0. The number of aromatic nitrogens is 1. The number of alkyl halides is 2. The van der Waals surface area contributed by atoms with Gasteiger partial charge in [-0.1, -0.05) is 11.6 Å². The predicted octanol–water partition coefficient (Wildman–Crippen LogP) is 4.69. The first-order chi connectivity index (χ1) is 12.5. The van der Waals surface area contributed by atoms with Crippen molar-refractivity contribution >= 4 is 23.5 Å². The molecule has 1 amide bonds. The fraction of sp³-hybridized carbons (Fsp3) is 0.684. The molecule has 0 saturated carbocycles. The van der Waals surface area contributed by atoms with E-state index in [1.165, 1.54) is 0 Å². The van der Waals surface area contributed by atoms with Crippen LogP contribution in [0.4, 0.5) is 19.4 Å². The molecule has 27 heavy (non-hydrogen) atoms. The van der Waals surface area contributed by atoms with Crippen molar-refractivity contribution in [2.24, 2.45) is 0 Å². The number of ether oxygens (including phenoxy) is 1. The monoisotopic (exact) mass is 401 g/mol. The van der Waals surface area contributed by atoms with Gasteiger partial charge >= 0.3 is 6.09 Å². The lowest BCUT2D eigenvalue weighted by atomic mass is 9.90. The van der Waals surface area contributed by atoms with E-state index in [0.717, 1.165) is 18.4 Å². The van der Waals surface area contributed by atoms with Gasteiger partial charge < -0.3 is 14.5 Å². The van der Waals surface area contributed by atoms with Gasteiger partial charge in [-0.05, 0) is 57.2 Å². The van der Waals surface area contributed by atoms with Crippen molar-refractivity contribution in [3.05, 3.63) is 22.8 Å². The Hall–Kier alpha value is -1.63. The highest BCUT2D eigenvalue weighted by molar-refractivity contribution is 6.29. The Bertz CT molecular complexity index is 701. The molecule has 0 atom stereocenters. The first kappa shape index (κ1) is 20.1. The van der Waals surface area contributed by atoms with E-state index in [2.05, 4.69) is 4.98 Å². The van der Waals surface area contributed by atoms with Crippen LogP contribution < -0.4 is 4.90 Å². The van der Waals surface area contributed by atoms with Crippen LogP contribution in [0.5, 0.6) is 0 Å². The Labute approximate surface area is 163 Å². The van der Waals surface area contributed by atoms with Gasteiger partial charge in [-0.3, -0.25) is 0 Å². The molecule has 0 radical (unpaired) electrons. The molecule has 150 valence electrons. The van der Waals surface area contributed by atoms with Crippen LogP contribution in [0.3, 0.4) is 0 Å². The quantitative estimate of drug-likeness (QED) is 0.674. The molecule has 5 nitrogen and oxygen atoms in total. The molecule has 2 aliphatic heterocycles. The number of carbonyl (C=O) groups excluding carboxylic acids is 1. The third-order valence-corrected chi connectivity index (χ3v) is 5.11. The van der Waals surface area contributed by atoms with Crippen molar-refractivity contribution in [1.82, 2.24) is 9.88 Å². The summed E-state index contributed by atoms with van der Waals surface area (Å²) >= 11 is 6.16. The maximum Gasteiger partial charge on any atom is 0.410 e. The van der Waals surface area contributed by atoms with E-state index in [4.69, 9.17) is 16.3 Å². The third kappa shape index (κ3) is 5.21. The molecule has 1 aromatic rings. The maximum atomic E-state index is 13.5. The molecular weight excluding hydrogens is 376 g/mol. The van der Waals surface area contributed by atoms with Gasteiger partial charge in [0.2, 0.25) is 0 Å². The second-order valence-electron chi connectivity index (χ2n) is 8.35. The van der Waals surface area contributed by atoms with Gasteiger partial charge in [-0.15, -0.1) is 0 Å². The summed E-state index contributed by atoms with van der Waals surface area (Å²) in [6, 6.07) is 3.66. The molecule has 1 aromatic heterocycles. The maximum absolute atomic E-state index is 13.5. The molecule has 0 N–H and O–H groups in total. The number of amides is 1. The number of nitrogens with zero attached hydrogens (tertiary/aromatic N) is 3. The smallest absolute Gasteiger partial charge is 0.410 e. The van der Waals surface area contributed by atoms with Crippen molar-refractivity contribution < 1.29 is 18.3 Å². The highest BCUT2D eigenvalue weighted by Gasteiger charge is 2.39. The summed E-state index contributed by atoms with van der Waals surface area (Å²) in [6.45, 7) is 6.68. The summed E-state index contributed by atoms with van der Waals surface area (Å²) in [5.41, 5.74) is 0.475. The van der Waals surface area contributed by atoms with Crippen molar-refractivity contribution in [2.75, 3.05) is 31.1 Å². The van der Waals surface area contributed by atoms with Gasteiger partial charge in [-0.25, -0.2) is 18.6 Å². The first-order valence-corrected chi connectivity index (χ1v) is 9.68. The minimum Gasteiger partial charge on any atom is -0.444 e. The van der Waals surface area contributed by atoms with Crippen LogP contribution in [-0.4, -0.2) is 53.7 Å². The standard InChI is InChI=1S/C19H26ClF2N3O2/c1-18(2,3)27-17(26)24-7-4-13(5-8-24)14-10-15(20)23-16(11-14)25-9-6-19(21,22)12-25/h10-11,13H,4-9,12H2,1-3H3. The average Bonchev–Trinajstić information content (AvgIpc) is 2.93. The molecule has 0 unspecified atom stereocenters. The van der Waals surface area contributed by atoms with Crippen molar-refractivity contribution in [3.63, 3.8) is 0 Å². The van der Waals surface area contributed by atoms with Crippen LogP contribution in [0.25, 0.3) is 0 Å². The van der Waals surface area contributed by atoms with Gasteiger partial charge in [0, 0.05) is 26.1 Å². The third-order valence-electron chi connectivity index (χ3n) is 4.91. The van der Waals surface area contributed by atoms with E-state index in [1.807, 2.05) is 26.8 Å². The fourth-order valence-electron chi connectivity index (χ4n) is 3.55.